The molecule has 0 spiro atoms. The summed E-state index contributed by atoms with van der Waals surface area (Å²) in [6.45, 7) is 2.54. The number of aliphatic hydroxyl groups excluding tert-OH is 3. The Hall–Kier alpha value is -1.67. The second kappa shape index (κ2) is 9.22. The zero-order valence-corrected chi connectivity index (χ0v) is 16.3. The van der Waals surface area contributed by atoms with E-state index in [2.05, 4.69) is 4.89 Å². The van der Waals surface area contributed by atoms with Crippen LogP contribution in [0.15, 0.2) is 42.5 Å². The van der Waals surface area contributed by atoms with E-state index >= 15 is 0 Å². The molecule has 0 saturated heterocycles. The summed E-state index contributed by atoms with van der Waals surface area (Å²) >= 11 is 6.37. The van der Waals surface area contributed by atoms with Gasteiger partial charge >= 0.3 is 0 Å². The number of ether oxygens (including phenoxy) is 1. The predicted octanol–water partition coefficient (Wildman–Crippen LogP) is 2.76. The van der Waals surface area contributed by atoms with Gasteiger partial charge in [0.15, 0.2) is 0 Å². The average Bonchev–Trinajstić information content (AvgIpc) is 2.70. The van der Waals surface area contributed by atoms with E-state index in [4.69, 9.17) is 21.6 Å². The molecule has 1 aliphatic rings. The average molecular weight is 409 g/mol. The van der Waals surface area contributed by atoms with Gasteiger partial charge in [0, 0.05) is 10.9 Å². The van der Waals surface area contributed by atoms with Crippen molar-refractivity contribution in [3.8, 4) is 5.75 Å². The van der Waals surface area contributed by atoms with Gasteiger partial charge in [-0.3, -0.25) is 5.26 Å². The molecule has 2 aromatic rings. The lowest BCUT2D eigenvalue weighted by atomic mass is 9.77. The maximum atomic E-state index is 10.4. The quantitative estimate of drug-likeness (QED) is 0.433. The molecule has 3 rings (SSSR count). The van der Waals surface area contributed by atoms with E-state index in [-0.39, 0.29) is 6.42 Å². The van der Waals surface area contributed by atoms with Crippen LogP contribution in [0, 0.1) is 0 Å². The number of aliphatic hydroxyl groups is 3. The Kier molecular flexibility index (Phi) is 6.93. The van der Waals surface area contributed by atoms with Crippen LogP contribution in [-0.2, 0) is 11.3 Å². The molecule has 28 heavy (non-hydrogen) atoms. The van der Waals surface area contributed by atoms with Crippen LogP contribution in [0.25, 0.3) is 0 Å². The van der Waals surface area contributed by atoms with Gasteiger partial charge in [-0.05, 0) is 54.7 Å². The first kappa shape index (κ1) is 21.0. The van der Waals surface area contributed by atoms with Crippen molar-refractivity contribution in [3.05, 3.63) is 64.2 Å². The molecule has 0 unspecified atom stereocenters. The van der Waals surface area contributed by atoms with Crippen LogP contribution < -0.4 is 4.74 Å². The van der Waals surface area contributed by atoms with Crippen LogP contribution in [0.5, 0.6) is 5.75 Å². The number of benzene rings is 2. The first-order valence-corrected chi connectivity index (χ1v) is 9.66. The Labute approximate surface area is 168 Å². The summed E-state index contributed by atoms with van der Waals surface area (Å²) in [7, 11) is 0. The molecule has 0 heterocycles. The lowest BCUT2D eigenvalue weighted by molar-refractivity contribution is -0.317. The fraction of sp³-hybridized carbons (Fsp3) is 0.429. The molecule has 1 saturated carbocycles. The Bertz CT molecular complexity index is 779. The van der Waals surface area contributed by atoms with Gasteiger partial charge in [-0.2, -0.15) is 0 Å². The molecule has 7 heteroatoms. The summed E-state index contributed by atoms with van der Waals surface area (Å²) in [5, 5.41) is 40.0. The van der Waals surface area contributed by atoms with Gasteiger partial charge in [0.25, 0.3) is 0 Å². The number of halogens is 1. The van der Waals surface area contributed by atoms with E-state index in [0.29, 0.717) is 18.1 Å². The predicted molar refractivity (Wildman–Crippen MR) is 105 cm³/mol. The lowest BCUT2D eigenvalue weighted by Crippen LogP contribution is -2.53. The first-order valence-electron chi connectivity index (χ1n) is 9.29. The summed E-state index contributed by atoms with van der Waals surface area (Å²) in [6, 6.07) is 13.2. The van der Waals surface area contributed by atoms with Gasteiger partial charge in [-0.25, -0.2) is 4.89 Å². The highest BCUT2D eigenvalue weighted by atomic mass is 35.5. The SMILES string of the molecule is CCOc1ccc(Cc2cc([C@@H]3C[C@H](OO)[C@@H](O)[C@H](O)[C@H]3O)ccc2Cl)cc1. The lowest BCUT2D eigenvalue weighted by Gasteiger charge is -2.39. The maximum Gasteiger partial charge on any atom is 0.122 e. The maximum absolute atomic E-state index is 10.4. The van der Waals surface area contributed by atoms with E-state index < -0.39 is 30.3 Å². The van der Waals surface area contributed by atoms with Crippen molar-refractivity contribution >= 4 is 11.6 Å². The summed E-state index contributed by atoms with van der Waals surface area (Å²) in [5.74, 6) is 0.297. The molecule has 2 aromatic carbocycles. The van der Waals surface area contributed by atoms with Crippen LogP contribution in [0.1, 0.15) is 36.0 Å². The third-order valence-corrected chi connectivity index (χ3v) is 5.61. The highest BCUT2D eigenvalue weighted by Gasteiger charge is 2.44. The minimum Gasteiger partial charge on any atom is -0.494 e. The number of rotatable bonds is 6. The molecule has 0 radical (unpaired) electrons. The molecule has 0 aromatic heterocycles. The Morgan fingerprint density at radius 1 is 1.00 bits per heavy atom. The molecule has 0 aliphatic heterocycles. The third kappa shape index (κ3) is 4.49. The Morgan fingerprint density at radius 2 is 1.71 bits per heavy atom. The van der Waals surface area contributed by atoms with Crippen LogP contribution in [0.2, 0.25) is 5.02 Å². The van der Waals surface area contributed by atoms with Gasteiger partial charge in [0.05, 0.1) is 12.7 Å². The molecule has 6 nitrogen and oxygen atoms in total. The molecular weight excluding hydrogens is 384 g/mol. The first-order chi connectivity index (χ1) is 13.4. The summed E-state index contributed by atoms with van der Waals surface area (Å²) in [4.78, 5) is 4.30. The van der Waals surface area contributed by atoms with Crippen LogP contribution in [0.3, 0.4) is 0 Å². The second-order valence-electron chi connectivity index (χ2n) is 7.06. The Morgan fingerprint density at radius 3 is 2.36 bits per heavy atom. The van der Waals surface area contributed by atoms with E-state index in [9.17, 15) is 15.3 Å². The van der Waals surface area contributed by atoms with Crippen molar-refractivity contribution in [2.24, 2.45) is 0 Å². The third-order valence-electron chi connectivity index (χ3n) is 5.24. The number of hydrogen-bond acceptors (Lipinski definition) is 6. The van der Waals surface area contributed by atoms with Gasteiger partial charge in [0.1, 0.15) is 24.1 Å². The highest BCUT2D eigenvalue weighted by Crippen LogP contribution is 2.36. The van der Waals surface area contributed by atoms with E-state index in [1.807, 2.05) is 37.3 Å². The van der Waals surface area contributed by atoms with Crippen molar-refractivity contribution in [3.63, 3.8) is 0 Å². The zero-order valence-electron chi connectivity index (χ0n) is 15.5. The molecule has 5 atom stereocenters. The van der Waals surface area contributed by atoms with Gasteiger partial charge in [-0.1, -0.05) is 35.9 Å². The largest absolute Gasteiger partial charge is 0.494 e. The highest BCUT2D eigenvalue weighted by molar-refractivity contribution is 6.31. The summed E-state index contributed by atoms with van der Waals surface area (Å²) in [5.41, 5.74) is 2.68. The number of hydrogen-bond donors (Lipinski definition) is 4. The van der Waals surface area contributed by atoms with Crippen molar-refractivity contribution in [2.75, 3.05) is 6.61 Å². The molecule has 4 N–H and O–H groups in total. The topological polar surface area (TPSA) is 99.4 Å². The van der Waals surface area contributed by atoms with Gasteiger partial charge in [-0.15, -0.1) is 0 Å². The van der Waals surface area contributed by atoms with E-state index in [1.165, 1.54) is 0 Å². The van der Waals surface area contributed by atoms with Gasteiger partial charge in [0.2, 0.25) is 0 Å². The molecule has 152 valence electrons. The van der Waals surface area contributed by atoms with E-state index in [1.54, 1.807) is 12.1 Å². The normalized spacial score (nSPS) is 27.6. The molecular formula is C21H25ClO6. The minimum atomic E-state index is -1.42. The zero-order chi connectivity index (χ0) is 20.3. The molecule has 1 aliphatic carbocycles. The van der Waals surface area contributed by atoms with Crippen molar-refractivity contribution in [2.45, 2.75) is 50.1 Å². The fourth-order valence-electron chi connectivity index (χ4n) is 3.68. The monoisotopic (exact) mass is 408 g/mol. The van der Waals surface area contributed by atoms with E-state index in [0.717, 1.165) is 22.4 Å². The molecule has 1 fully saturated rings. The molecule has 0 bridgehead atoms. The van der Waals surface area contributed by atoms with Crippen LogP contribution in [0.4, 0.5) is 0 Å². The second-order valence-corrected chi connectivity index (χ2v) is 7.47. The smallest absolute Gasteiger partial charge is 0.122 e. The summed E-state index contributed by atoms with van der Waals surface area (Å²) in [6.07, 6.45) is -4.17. The van der Waals surface area contributed by atoms with Crippen LogP contribution in [-0.4, -0.2) is 51.6 Å². The fourth-order valence-corrected chi connectivity index (χ4v) is 3.86. The van der Waals surface area contributed by atoms with Crippen molar-refractivity contribution in [1.29, 1.82) is 0 Å². The standard InChI is InChI=1S/C21H25ClO6/c1-2-27-15-6-3-12(4-7-15)9-14-10-13(5-8-17(14)22)16-11-18(28-26)20(24)21(25)19(16)23/h3-8,10,16,18-21,23-26H,2,9,11H2,1H3/t16-,18-,19-,20+,21+/m0/s1. The molecule has 0 amide bonds. The minimum absolute atomic E-state index is 0.167. The van der Waals surface area contributed by atoms with Gasteiger partial charge < -0.3 is 20.1 Å². The van der Waals surface area contributed by atoms with Crippen molar-refractivity contribution in [1.82, 2.24) is 0 Å². The summed E-state index contributed by atoms with van der Waals surface area (Å²) < 4.78 is 5.45. The van der Waals surface area contributed by atoms with Crippen LogP contribution >= 0.6 is 11.6 Å². The van der Waals surface area contributed by atoms with Crippen molar-refractivity contribution < 1.29 is 30.2 Å². The Balaban J connectivity index is 1.82.